The van der Waals surface area contributed by atoms with Gasteiger partial charge >= 0.3 is 0 Å². The number of aromatic nitrogens is 2. The SMILES string of the molecule is CC(C)Cn1ncc(NC(C)c2ccccc2)c(Br)c1=O. The molecule has 0 aliphatic carbocycles. The number of nitrogens with one attached hydrogen (secondary N) is 1. The largest absolute Gasteiger partial charge is 0.376 e. The molecule has 1 N–H and O–H groups in total. The normalized spacial score (nSPS) is 12.4. The first-order chi connectivity index (χ1) is 9.99. The Morgan fingerprint density at radius 2 is 1.90 bits per heavy atom. The van der Waals surface area contributed by atoms with Gasteiger partial charge in [-0.2, -0.15) is 5.10 Å². The molecule has 0 amide bonds. The Bertz CT molecular complexity index is 652. The van der Waals surface area contributed by atoms with Crippen LogP contribution in [0.15, 0.2) is 45.8 Å². The Hall–Kier alpha value is -1.62. The van der Waals surface area contributed by atoms with Crippen molar-refractivity contribution in [3.63, 3.8) is 0 Å². The fourth-order valence-electron chi connectivity index (χ4n) is 2.10. The maximum Gasteiger partial charge on any atom is 0.283 e. The number of hydrogen-bond acceptors (Lipinski definition) is 3. The lowest BCUT2D eigenvalue weighted by molar-refractivity contribution is 0.462. The Labute approximate surface area is 133 Å². The summed E-state index contributed by atoms with van der Waals surface area (Å²) in [5.41, 5.74) is 1.78. The quantitative estimate of drug-likeness (QED) is 0.891. The fraction of sp³-hybridized carbons (Fsp3) is 0.375. The highest BCUT2D eigenvalue weighted by atomic mass is 79.9. The Morgan fingerprint density at radius 3 is 2.52 bits per heavy atom. The lowest BCUT2D eigenvalue weighted by Crippen LogP contribution is -2.26. The van der Waals surface area contributed by atoms with Crippen molar-refractivity contribution in [2.24, 2.45) is 5.92 Å². The van der Waals surface area contributed by atoms with E-state index in [9.17, 15) is 4.79 Å². The molecule has 1 heterocycles. The van der Waals surface area contributed by atoms with Crippen molar-refractivity contribution in [2.75, 3.05) is 5.32 Å². The topological polar surface area (TPSA) is 46.9 Å². The predicted molar refractivity (Wildman–Crippen MR) is 89.5 cm³/mol. The molecule has 0 fully saturated rings. The summed E-state index contributed by atoms with van der Waals surface area (Å²) >= 11 is 3.39. The summed E-state index contributed by atoms with van der Waals surface area (Å²) in [4.78, 5) is 12.3. The number of benzene rings is 1. The zero-order valence-electron chi connectivity index (χ0n) is 12.5. The van der Waals surface area contributed by atoms with E-state index in [1.54, 1.807) is 6.20 Å². The van der Waals surface area contributed by atoms with Gasteiger partial charge in [-0.25, -0.2) is 4.68 Å². The molecule has 0 aliphatic heterocycles. The Kier molecular flexibility index (Phi) is 5.17. The van der Waals surface area contributed by atoms with Gasteiger partial charge in [-0.1, -0.05) is 44.2 Å². The van der Waals surface area contributed by atoms with E-state index in [2.05, 4.69) is 59.2 Å². The number of anilines is 1. The van der Waals surface area contributed by atoms with Crippen LogP contribution in [-0.4, -0.2) is 9.78 Å². The summed E-state index contributed by atoms with van der Waals surface area (Å²) in [5.74, 6) is 0.379. The molecular weight excluding hydrogens is 330 g/mol. The second-order valence-electron chi connectivity index (χ2n) is 5.53. The molecule has 1 aromatic carbocycles. The molecule has 2 aromatic rings. The molecule has 0 saturated carbocycles. The fourth-order valence-corrected chi connectivity index (χ4v) is 2.52. The minimum Gasteiger partial charge on any atom is -0.376 e. The van der Waals surface area contributed by atoms with Crippen LogP contribution < -0.4 is 10.9 Å². The highest BCUT2D eigenvalue weighted by Gasteiger charge is 2.12. The average molecular weight is 350 g/mol. The van der Waals surface area contributed by atoms with Gasteiger partial charge in [0.25, 0.3) is 5.56 Å². The highest BCUT2D eigenvalue weighted by molar-refractivity contribution is 9.10. The summed E-state index contributed by atoms with van der Waals surface area (Å²) in [6.07, 6.45) is 1.70. The van der Waals surface area contributed by atoms with Crippen LogP contribution in [-0.2, 0) is 6.54 Å². The predicted octanol–water partition coefficient (Wildman–Crippen LogP) is 3.83. The van der Waals surface area contributed by atoms with Crippen LogP contribution in [0.25, 0.3) is 0 Å². The van der Waals surface area contributed by atoms with Gasteiger partial charge in [-0.05, 0) is 34.3 Å². The standard InChI is InChI=1S/C16H20BrN3O/c1-11(2)10-20-16(21)15(17)14(9-18-20)19-12(3)13-7-5-4-6-8-13/h4-9,11-12,19H,10H2,1-3H3. The van der Waals surface area contributed by atoms with Gasteiger partial charge in [-0.3, -0.25) is 4.79 Å². The van der Waals surface area contributed by atoms with Gasteiger partial charge in [-0.15, -0.1) is 0 Å². The molecule has 4 nitrogen and oxygen atoms in total. The van der Waals surface area contributed by atoms with Gasteiger partial charge in [0.15, 0.2) is 0 Å². The molecule has 1 aromatic heterocycles. The van der Waals surface area contributed by atoms with E-state index in [0.29, 0.717) is 16.9 Å². The number of halogens is 1. The molecular formula is C16H20BrN3O. The lowest BCUT2D eigenvalue weighted by atomic mass is 10.1. The van der Waals surface area contributed by atoms with Gasteiger partial charge < -0.3 is 5.32 Å². The number of rotatable bonds is 5. The molecule has 0 spiro atoms. The molecule has 0 bridgehead atoms. The van der Waals surface area contributed by atoms with Crippen LogP contribution in [0.4, 0.5) is 5.69 Å². The maximum absolute atomic E-state index is 12.3. The first kappa shape index (κ1) is 15.8. The summed E-state index contributed by atoms with van der Waals surface area (Å²) < 4.78 is 2.02. The first-order valence-corrected chi connectivity index (χ1v) is 7.85. The van der Waals surface area contributed by atoms with Gasteiger partial charge in [0.2, 0.25) is 0 Å². The minimum absolute atomic E-state index is 0.102. The van der Waals surface area contributed by atoms with Crippen molar-refractivity contribution < 1.29 is 0 Å². The molecule has 0 radical (unpaired) electrons. The first-order valence-electron chi connectivity index (χ1n) is 7.06. The summed E-state index contributed by atoms with van der Waals surface area (Å²) in [6, 6.07) is 10.2. The van der Waals surface area contributed by atoms with E-state index in [1.165, 1.54) is 4.68 Å². The lowest BCUT2D eigenvalue weighted by Gasteiger charge is -2.17. The maximum atomic E-state index is 12.3. The van der Waals surface area contributed by atoms with E-state index in [0.717, 1.165) is 11.3 Å². The second-order valence-corrected chi connectivity index (χ2v) is 6.32. The van der Waals surface area contributed by atoms with Crippen molar-refractivity contribution in [2.45, 2.75) is 33.4 Å². The third kappa shape index (κ3) is 3.94. The van der Waals surface area contributed by atoms with Crippen molar-refractivity contribution >= 4 is 21.6 Å². The van der Waals surface area contributed by atoms with Crippen LogP contribution in [0, 0.1) is 5.92 Å². The zero-order valence-corrected chi connectivity index (χ0v) is 14.1. The molecule has 1 unspecified atom stereocenters. The number of hydrogen-bond donors (Lipinski definition) is 1. The average Bonchev–Trinajstić information content (AvgIpc) is 2.47. The smallest absolute Gasteiger partial charge is 0.283 e. The molecule has 112 valence electrons. The summed E-state index contributed by atoms with van der Waals surface area (Å²) in [7, 11) is 0. The van der Waals surface area contributed by atoms with Gasteiger partial charge in [0.05, 0.1) is 11.9 Å². The van der Waals surface area contributed by atoms with Crippen molar-refractivity contribution in [1.29, 1.82) is 0 Å². The summed E-state index contributed by atoms with van der Waals surface area (Å²) in [6.45, 7) is 6.80. The van der Waals surface area contributed by atoms with Crippen molar-refractivity contribution in [1.82, 2.24) is 9.78 Å². The van der Waals surface area contributed by atoms with Gasteiger partial charge in [0.1, 0.15) is 4.47 Å². The van der Waals surface area contributed by atoms with Crippen LogP contribution in [0.2, 0.25) is 0 Å². The summed E-state index contributed by atoms with van der Waals surface area (Å²) in [5, 5.41) is 7.56. The van der Waals surface area contributed by atoms with E-state index in [1.807, 2.05) is 18.2 Å². The molecule has 5 heteroatoms. The Balaban J connectivity index is 2.22. The number of nitrogens with zero attached hydrogens (tertiary/aromatic N) is 2. The molecule has 0 saturated heterocycles. The van der Waals surface area contributed by atoms with Crippen LogP contribution >= 0.6 is 15.9 Å². The van der Waals surface area contributed by atoms with E-state index in [-0.39, 0.29) is 11.6 Å². The van der Waals surface area contributed by atoms with Crippen LogP contribution in [0.3, 0.4) is 0 Å². The van der Waals surface area contributed by atoms with E-state index in [4.69, 9.17) is 0 Å². The third-order valence-electron chi connectivity index (χ3n) is 3.19. The third-order valence-corrected chi connectivity index (χ3v) is 3.96. The second kappa shape index (κ2) is 6.89. The Morgan fingerprint density at radius 1 is 1.24 bits per heavy atom. The van der Waals surface area contributed by atoms with Crippen LogP contribution in [0.1, 0.15) is 32.4 Å². The molecule has 0 aliphatic rings. The molecule has 2 rings (SSSR count). The van der Waals surface area contributed by atoms with E-state index >= 15 is 0 Å². The molecule has 21 heavy (non-hydrogen) atoms. The van der Waals surface area contributed by atoms with Crippen molar-refractivity contribution in [3.8, 4) is 0 Å². The van der Waals surface area contributed by atoms with Crippen LogP contribution in [0.5, 0.6) is 0 Å². The molecule has 1 atom stereocenters. The monoisotopic (exact) mass is 349 g/mol. The minimum atomic E-state index is -0.103. The zero-order chi connectivity index (χ0) is 15.4. The van der Waals surface area contributed by atoms with Crippen molar-refractivity contribution in [3.05, 3.63) is 56.9 Å². The van der Waals surface area contributed by atoms with E-state index < -0.39 is 0 Å². The van der Waals surface area contributed by atoms with Gasteiger partial charge in [0, 0.05) is 12.6 Å². The highest BCUT2D eigenvalue weighted by Crippen LogP contribution is 2.23.